The van der Waals surface area contributed by atoms with E-state index in [2.05, 4.69) is 28.7 Å². The Morgan fingerprint density at radius 1 is 0.943 bits per heavy atom. The Labute approximate surface area is 219 Å². The van der Waals surface area contributed by atoms with Gasteiger partial charge in [0.15, 0.2) is 6.29 Å². The second kappa shape index (κ2) is 21.2. The average molecular weight is 513 g/mol. The summed E-state index contributed by atoms with van der Waals surface area (Å²) in [6.45, 7) is 4.81. The standard InChI is InChI=1S/C28H52N2O4S/c1-2-3-4-5-6-7-8-9-10-11-12-13-15-18-27-32-23-26(34-27)24-33-28(31)29-19-16-14-17-20-30-21-22-35-25-30/h21-22,26-27H,2-20,23-25H2,1H3,(H,29,31). The number of hydrogen-bond donors (Lipinski definition) is 1. The summed E-state index contributed by atoms with van der Waals surface area (Å²) in [5.74, 6) is 1.07. The van der Waals surface area contributed by atoms with Crippen molar-refractivity contribution in [2.75, 3.05) is 32.2 Å². The Morgan fingerprint density at radius 2 is 1.60 bits per heavy atom. The summed E-state index contributed by atoms with van der Waals surface area (Å²) in [5, 5.41) is 4.97. The molecule has 2 aliphatic heterocycles. The van der Waals surface area contributed by atoms with Crippen molar-refractivity contribution >= 4 is 17.9 Å². The highest BCUT2D eigenvalue weighted by atomic mass is 32.2. The van der Waals surface area contributed by atoms with E-state index in [9.17, 15) is 4.79 Å². The molecule has 1 N–H and O–H groups in total. The normalized spacial score (nSPS) is 19.5. The molecule has 0 saturated carbocycles. The van der Waals surface area contributed by atoms with Crippen molar-refractivity contribution in [1.29, 1.82) is 0 Å². The first-order valence-corrected chi connectivity index (χ1v) is 15.5. The first-order chi connectivity index (χ1) is 17.3. The number of carbonyl (C=O) groups is 1. The summed E-state index contributed by atoms with van der Waals surface area (Å²) in [6, 6.07) is 0. The smallest absolute Gasteiger partial charge is 0.407 e. The minimum Gasteiger partial charge on any atom is -0.447 e. The summed E-state index contributed by atoms with van der Waals surface area (Å²) < 4.78 is 16.9. The molecule has 6 nitrogen and oxygen atoms in total. The van der Waals surface area contributed by atoms with Crippen molar-refractivity contribution in [2.24, 2.45) is 0 Å². The molecular weight excluding hydrogens is 460 g/mol. The highest BCUT2D eigenvalue weighted by molar-refractivity contribution is 8.02. The van der Waals surface area contributed by atoms with Gasteiger partial charge in [0.1, 0.15) is 12.7 Å². The zero-order valence-corrected chi connectivity index (χ0v) is 23.2. The fourth-order valence-corrected chi connectivity index (χ4v) is 5.30. The topological polar surface area (TPSA) is 60.0 Å². The van der Waals surface area contributed by atoms with Crippen LogP contribution in [0, 0.1) is 0 Å². The summed E-state index contributed by atoms with van der Waals surface area (Å²) in [6.07, 6.45) is 23.4. The Kier molecular flexibility index (Phi) is 18.3. The van der Waals surface area contributed by atoms with Crippen LogP contribution in [0.2, 0.25) is 0 Å². The first-order valence-electron chi connectivity index (χ1n) is 14.5. The molecule has 35 heavy (non-hydrogen) atoms. The van der Waals surface area contributed by atoms with Crippen molar-refractivity contribution in [2.45, 2.75) is 128 Å². The number of alkyl carbamates (subject to hydrolysis) is 1. The zero-order valence-electron chi connectivity index (χ0n) is 22.4. The summed E-state index contributed by atoms with van der Waals surface area (Å²) in [4.78, 5) is 14.2. The van der Waals surface area contributed by atoms with E-state index in [4.69, 9.17) is 14.2 Å². The van der Waals surface area contributed by atoms with E-state index in [1.807, 2.05) is 11.8 Å². The molecule has 0 spiro atoms. The third-order valence-electron chi connectivity index (χ3n) is 6.76. The van der Waals surface area contributed by atoms with Crippen molar-refractivity contribution in [1.82, 2.24) is 10.2 Å². The lowest BCUT2D eigenvalue weighted by atomic mass is 10.0. The van der Waals surface area contributed by atoms with E-state index in [0.717, 1.165) is 44.5 Å². The van der Waals surface area contributed by atoms with Crippen LogP contribution in [0.15, 0.2) is 11.6 Å². The second-order valence-corrected chi connectivity index (χ2v) is 10.9. The molecule has 1 saturated heterocycles. The molecule has 0 aliphatic carbocycles. The molecule has 7 heteroatoms. The lowest BCUT2D eigenvalue weighted by Gasteiger charge is -2.14. The monoisotopic (exact) mass is 512 g/mol. The molecule has 0 radical (unpaired) electrons. The van der Waals surface area contributed by atoms with Gasteiger partial charge in [-0.3, -0.25) is 0 Å². The largest absolute Gasteiger partial charge is 0.447 e. The van der Waals surface area contributed by atoms with Crippen LogP contribution in [0.4, 0.5) is 4.79 Å². The van der Waals surface area contributed by atoms with Crippen LogP contribution < -0.4 is 5.32 Å². The molecule has 2 aliphatic rings. The van der Waals surface area contributed by atoms with Gasteiger partial charge in [0.2, 0.25) is 0 Å². The Bertz CT molecular complexity index is 549. The highest BCUT2D eigenvalue weighted by Crippen LogP contribution is 2.19. The lowest BCUT2D eigenvalue weighted by Crippen LogP contribution is -2.29. The molecule has 1 amide bonds. The molecule has 1 fully saturated rings. The fraction of sp³-hybridized carbons (Fsp3) is 0.893. The molecule has 204 valence electrons. The van der Waals surface area contributed by atoms with Gasteiger partial charge >= 0.3 is 6.09 Å². The average Bonchev–Trinajstić information content (AvgIpc) is 3.55. The van der Waals surface area contributed by atoms with E-state index in [1.165, 1.54) is 77.0 Å². The summed E-state index contributed by atoms with van der Waals surface area (Å²) in [5.41, 5.74) is 0. The molecule has 0 bridgehead atoms. The van der Waals surface area contributed by atoms with E-state index in [1.54, 1.807) is 0 Å². The number of unbranched alkanes of at least 4 members (excludes halogenated alkanes) is 14. The van der Waals surface area contributed by atoms with Crippen molar-refractivity contribution in [3.63, 3.8) is 0 Å². The number of amides is 1. The third kappa shape index (κ3) is 16.4. The van der Waals surface area contributed by atoms with Gasteiger partial charge in [-0.2, -0.15) is 0 Å². The number of thioether (sulfide) groups is 1. The van der Waals surface area contributed by atoms with Crippen LogP contribution in [-0.4, -0.2) is 55.6 Å². The Hall–Kier alpha value is -0.920. The van der Waals surface area contributed by atoms with Crippen LogP contribution in [0.1, 0.15) is 116 Å². The number of rotatable bonds is 22. The van der Waals surface area contributed by atoms with E-state index >= 15 is 0 Å². The maximum Gasteiger partial charge on any atom is 0.407 e. The molecule has 0 aromatic heterocycles. The van der Waals surface area contributed by atoms with Crippen molar-refractivity contribution < 1.29 is 19.0 Å². The predicted molar refractivity (Wildman–Crippen MR) is 146 cm³/mol. The van der Waals surface area contributed by atoms with Gasteiger partial charge in [-0.05, 0) is 37.5 Å². The Balaban J connectivity index is 1.30. The van der Waals surface area contributed by atoms with E-state index in [0.29, 0.717) is 13.2 Å². The summed E-state index contributed by atoms with van der Waals surface area (Å²) in [7, 11) is 0. The first kappa shape index (κ1) is 30.3. The maximum atomic E-state index is 11.9. The van der Waals surface area contributed by atoms with E-state index < -0.39 is 0 Å². The van der Waals surface area contributed by atoms with Crippen molar-refractivity contribution in [3.8, 4) is 0 Å². The quantitative estimate of drug-likeness (QED) is 0.151. The molecule has 0 aromatic carbocycles. The van der Waals surface area contributed by atoms with Gasteiger partial charge in [0.25, 0.3) is 0 Å². The fourth-order valence-electron chi connectivity index (χ4n) is 4.55. The van der Waals surface area contributed by atoms with Gasteiger partial charge in [0, 0.05) is 19.3 Å². The second-order valence-electron chi connectivity index (χ2n) is 10.0. The van der Waals surface area contributed by atoms with Gasteiger partial charge in [-0.1, -0.05) is 84.0 Å². The molecule has 0 aromatic rings. The minimum atomic E-state index is -0.354. The van der Waals surface area contributed by atoms with Crippen LogP contribution in [-0.2, 0) is 14.2 Å². The minimum absolute atomic E-state index is 0.136. The highest BCUT2D eigenvalue weighted by Gasteiger charge is 2.26. The van der Waals surface area contributed by atoms with Gasteiger partial charge in [-0.25, -0.2) is 4.79 Å². The van der Waals surface area contributed by atoms with Gasteiger partial charge in [0.05, 0.1) is 12.5 Å². The molecular formula is C28H52N2O4S. The number of carbonyl (C=O) groups excluding carboxylic acids is 1. The molecule has 2 rings (SSSR count). The Morgan fingerprint density at radius 3 is 2.26 bits per heavy atom. The van der Waals surface area contributed by atoms with Crippen LogP contribution in [0.3, 0.4) is 0 Å². The van der Waals surface area contributed by atoms with Crippen LogP contribution >= 0.6 is 11.8 Å². The maximum absolute atomic E-state index is 11.9. The van der Waals surface area contributed by atoms with Gasteiger partial charge < -0.3 is 24.4 Å². The van der Waals surface area contributed by atoms with Gasteiger partial charge in [-0.15, -0.1) is 11.8 Å². The number of nitrogens with one attached hydrogen (secondary N) is 1. The number of ether oxygens (including phenoxy) is 3. The van der Waals surface area contributed by atoms with Crippen LogP contribution in [0.25, 0.3) is 0 Å². The SMILES string of the molecule is CCCCCCCCCCCCCCCC1OCC(COC(=O)NCCCCCN2C=CSC2)O1. The predicted octanol–water partition coefficient (Wildman–Crippen LogP) is 7.58. The third-order valence-corrected chi connectivity index (χ3v) is 7.55. The number of nitrogens with zero attached hydrogens (tertiary/aromatic N) is 1. The molecule has 2 atom stereocenters. The van der Waals surface area contributed by atoms with Crippen molar-refractivity contribution in [3.05, 3.63) is 11.6 Å². The molecule has 2 unspecified atom stereocenters. The molecule has 2 heterocycles. The zero-order chi connectivity index (χ0) is 24.8. The number of hydrogen-bond acceptors (Lipinski definition) is 6. The van der Waals surface area contributed by atoms with E-state index in [-0.39, 0.29) is 25.1 Å². The lowest BCUT2D eigenvalue weighted by molar-refractivity contribution is -0.0709. The summed E-state index contributed by atoms with van der Waals surface area (Å²) >= 11 is 1.83. The van der Waals surface area contributed by atoms with Crippen LogP contribution in [0.5, 0.6) is 0 Å².